The Balaban J connectivity index is 2.05. The molecule has 1 aromatic heterocycles. The summed E-state index contributed by atoms with van der Waals surface area (Å²) in [4.78, 5) is 25.0. The van der Waals surface area contributed by atoms with E-state index in [9.17, 15) is 14.7 Å². The van der Waals surface area contributed by atoms with E-state index in [0.29, 0.717) is 12.1 Å². The van der Waals surface area contributed by atoms with Crippen molar-refractivity contribution < 1.29 is 14.7 Å². The van der Waals surface area contributed by atoms with E-state index in [1.54, 1.807) is 12.1 Å². The third-order valence-electron chi connectivity index (χ3n) is 3.06. The van der Waals surface area contributed by atoms with Crippen LogP contribution in [0.4, 0.5) is 5.69 Å². The molecule has 0 fully saturated rings. The Morgan fingerprint density at radius 2 is 2.16 bits per heavy atom. The van der Waals surface area contributed by atoms with Crippen molar-refractivity contribution in [3.63, 3.8) is 0 Å². The number of fused-ring (bicyclic) bond motifs is 1. The molecule has 0 unspecified atom stereocenters. The summed E-state index contributed by atoms with van der Waals surface area (Å²) in [6, 6.07) is 6.30. The van der Waals surface area contributed by atoms with Crippen molar-refractivity contribution in [2.24, 2.45) is 0 Å². The lowest BCUT2D eigenvalue weighted by Gasteiger charge is -2.21. The van der Waals surface area contributed by atoms with Gasteiger partial charge < -0.3 is 5.11 Å². The maximum atomic E-state index is 12.4. The number of carbonyl (C=O) groups excluding carboxylic acids is 1. The van der Waals surface area contributed by atoms with Crippen molar-refractivity contribution in [1.82, 2.24) is 9.59 Å². The topological polar surface area (TPSA) is 83.4 Å². The molecule has 2 heterocycles. The number of rotatable bonds is 2. The molecule has 0 radical (unpaired) electrons. The fourth-order valence-electron chi connectivity index (χ4n) is 2.22. The van der Waals surface area contributed by atoms with Gasteiger partial charge in [0.15, 0.2) is 5.69 Å². The molecular weight excluding hydrogens is 266 g/mol. The highest BCUT2D eigenvalue weighted by atomic mass is 32.1. The largest absolute Gasteiger partial charge is 0.480 e. The van der Waals surface area contributed by atoms with E-state index in [1.807, 2.05) is 12.1 Å². The van der Waals surface area contributed by atoms with Gasteiger partial charge in [-0.1, -0.05) is 22.7 Å². The lowest BCUT2D eigenvalue weighted by Crippen LogP contribution is -2.43. The van der Waals surface area contributed by atoms with Crippen LogP contribution in [-0.4, -0.2) is 32.6 Å². The van der Waals surface area contributed by atoms with Crippen LogP contribution in [0.15, 0.2) is 29.6 Å². The minimum absolute atomic E-state index is 0.174. The third kappa shape index (κ3) is 1.88. The van der Waals surface area contributed by atoms with Gasteiger partial charge in [0.2, 0.25) is 0 Å². The van der Waals surface area contributed by atoms with E-state index < -0.39 is 17.9 Å². The molecule has 96 valence electrons. The predicted octanol–water partition coefficient (Wildman–Crippen LogP) is 1.19. The molecule has 2 aromatic rings. The second-order valence-electron chi connectivity index (χ2n) is 4.15. The number of anilines is 1. The Morgan fingerprint density at radius 3 is 2.84 bits per heavy atom. The van der Waals surface area contributed by atoms with Crippen LogP contribution < -0.4 is 4.90 Å². The molecule has 1 aromatic carbocycles. The Hall–Kier alpha value is -2.28. The first kappa shape index (κ1) is 11.8. The quantitative estimate of drug-likeness (QED) is 0.890. The van der Waals surface area contributed by atoms with Gasteiger partial charge in [0.25, 0.3) is 5.91 Å². The Morgan fingerprint density at radius 1 is 1.37 bits per heavy atom. The molecule has 0 aliphatic carbocycles. The lowest BCUT2D eigenvalue weighted by atomic mass is 10.1. The molecule has 3 rings (SSSR count). The number of carboxylic acid groups (broad SMARTS) is 1. The highest BCUT2D eigenvalue weighted by molar-refractivity contribution is 7.03. The van der Waals surface area contributed by atoms with Crippen molar-refractivity contribution in [3.05, 3.63) is 40.9 Å². The summed E-state index contributed by atoms with van der Waals surface area (Å²) in [6.45, 7) is 0. The molecule has 0 saturated carbocycles. The van der Waals surface area contributed by atoms with Gasteiger partial charge in [0.05, 0.1) is 0 Å². The maximum Gasteiger partial charge on any atom is 0.327 e. The zero-order chi connectivity index (χ0) is 13.4. The molecule has 19 heavy (non-hydrogen) atoms. The van der Waals surface area contributed by atoms with Crippen LogP contribution in [0.1, 0.15) is 16.1 Å². The molecule has 1 amide bonds. The Kier molecular flexibility index (Phi) is 2.75. The van der Waals surface area contributed by atoms with Crippen molar-refractivity contribution in [2.75, 3.05) is 4.90 Å². The van der Waals surface area contributed by atoms with Gasteiger partial charge in [-0.2, -0.15) is 0 Å². The van der Waals surface area contributed by atoms with Crippen molar-refractivity contribution in [3.8, 4) is 0 Å². The summed E-state index contributed by atoms with van der Waals surface area (Å²) in [5.74, 6) is -1.45. The van der Waals surface area contributed by atoms with Crippen LogP contribution in [0.3, 0.4) is 0 Å². The van der Waals surface area contributed by atoms with Gasteiger partial charge in [-0.3, -0.25) is 9.69 Å². The number of amides is 1. The zero-order valence-corrected chi connectivity index (χ0v) is 10.5. The van der Waals surface area contributed by atoms with Gasteiger partial charge in [-0.25, -0.2) is 4.79 Å². The van der Waals surface area contributed by atoms with Crippen LogP contribution in [0.2, 0.25) is 0 Å². The molecule has 6 nitrogen and oxygen atoms in total. The smallest absolute Gasteiger partial charge is 0.327 e. The van der Waals surface area contributed by atoms with Crippen LogP contribution in [0.5, 0.6) is 0 Å². The van der Waals surface area contributed by atoms with Crippen LogP contribution in [0, 0.1) is 0 Å². The number of hydrogen-bond donors (Lipinski definition) is 1. The monoisotopic (exact) mass is 275 g/mol. The van der Waals surface area contributed by atoms with Gasteiger partial charge in [-0.15, -0.1) is 5.10 Å². The lowest BCUT2D eigenvalue weighted by molar-refractivity contribution is -0.138. The normalized spacial score (nSPS) is 17.3. The number of para-hydroxylation sites is 1. The average Bonchev–Trinajstić information content (AvgIpc) is 3.05. The van der Waals surface area contributed by atoms with E-state index in [2.05, 4.69) is 9.59 Å². The first-order valence-electron chi connectivity index (χ1n) is 5.60. The van der Waals surface area contributed by atoms with Gasteiger partial charge >= 0.3 is 5.97 Å². The highest BCUT2D eigenvalue weighted by Crippen LogP contribution is 2.33. The second kappa shape index (κ2) is 4.43. The number of aromatic nitrogens is 2. The van der Waals surface area contributed by atoms with Gasteiger partial charge in [0.1, 0.15) is 6.04 Å². The molecular formula is C12H9N3O3S. The Labute approximate surface area is 112 Å². The van der Waals surface area contributed by atoms with E-state index in [1.165, 1.54) is 10.3 Å². The summed E-state index contributed by atoms with van der Waals surface area (Å²) in [5.41, 5.74) is 1.66. The highest BCUT2D eigenvalue weighted by Gasteiger charge is 2.39. The number of nitrogens with zero attached hydrogens (tertiary/aromatic N) is 3. The first-order valence-corrected chi connectivity index (χ1v) is 6.43. The molecule has 1 aliphatic rings. The summed E-state index contributed by atoms with van der Waals surface area (Å²) in [6.07, 6.45) is 0.314. The van der Waals surface area contributed by atoms with Gasteiger partial charge in [0, 0.05) is 17.5 Å². The summed E-state index contributed by atoms with van der Waals surface area (Å²) in [7, 11) is 0. The number of carboxylic acids is 1. The van der Waals surface area contributed by atoms with E-state index >= 15 is 0 Å². The average molecular weight is 275 g/mol. The molecule has 1 N–H and O–H groups in total. The molecule has 0 spiro atoms. The van der Waals surface area contributed by atoms with E-state index in [4.69, 9.17) is 0 Å². The molecule has 1 aliphatic heterocycles. The number of carbonyl (C=O) groups is 2. The second-order valence-corrected chi connectivity index (χ2v) is 4.76. The summed E-state index contributed by atoms with van der Waals surface area (Å²) in [5, 5.41) is 14.5. The molecule has 0 saturated heterocycles. The SMILES string of the molecule is O=C(O)[C@@H]1Cc2ccccc2N1C(=O)c1csnn1. The number of hydrogen-bond acceptors (Lipinski definition) is 5. The first-order chi connectivity index (χ1) is 9.18. The molecule has 1 atom stereocenters. The van der Waals surface area contributed by atoms with Crippen molar-refractivity contribution in [1.29, 1.82) is 0 Å². The molecule has 7 heteroatoms. The fourth-order valence-corrected chi connectivity index (χ4v) is 2.65. The Bertz CT molecular complexity index is 641. The molecule has 0 bridgehead atoms. The van der Waals surface area contributed by atoms with Crippen molar-refractivity contribution in [2.45, 2.75) is 12.5 Å². The van der Waals surface area contributed by atoms with Crippen LogP contribution >= 0.6 is 11.5 Å². The van der Waals surface area contributed by atoms with Crippen LogP contribution in [0.25, 0.3) is 0 Å². The number of aliphatic carboxylic acids is 1. The van der Waals surface area contributed by atoms with E-state index in [-0.39, 0.29) is 5.69 Å². The zero-order valence-electron chi connectivity index (χ0n) is 9.68. The third-order valence-corrected chi connectivity index (χ3v) is 3.56. The minimum Gasteiger partial charge on any atom is -0.480 e. The van der Waals surface area contributed by atoms with Gasteiger partial charge in [-0.05, 0) is 23.2 Å². The van der Waals surface area contributed by atoms with E-state index in [0.717, 1.165) is 17.1 Å². The fraction of sp³-hybridized carbons (Fsp3) is 0.167. The predicted molar refractivity (Wildman–Crippen MR) is 68.3 cm³/mol. The van der Waals surface area contributed by atoms with Crippen molar-refractivity contribution >= 4 is 29.1 Å². The maximum absolute atomic E-state index is 12.4. The minimum atomic E-state index is -1.02. The standard InChI is InChI=1S/C12H9N3O3S/c16-11(8-6-19-14-13-8)15-9-4-2-1-3-7(9)5-10(15)12(17)18/h1-4,6,10H,5H2,(H,17,18)/t10-/m0/s1. The summed E-state index contributed by atoms with van der Waals surface area (Å²) >= 11 is 1.06. The van der Waals surface area contributed by atoms with Crippen LogP contribution in [-0.2, 0) is 11.2 Å². The number of benzene rings is 1. The summed E-state index contributed by atoms with van der Waals surface area (Å²) < 4.78 is 3.64.